The summed E-state index contributed by atoms with van der Waals surface area (Å²) in [6.07, 6.45) is 7.87. The van der Waals surface area contributed by atoms with Gasteiger partial charge in [0.05, 0.1) is 0 Å². The van der Waals surface area contributed by atoms with E-state index in [0.717, 1.165) is 11.8 Å². The van der Waals surface area contributed by atoms with Crippen molar-refractivity contribution in [2.24, 2.45) is 11.8 Å². The molecule has 26 heavy (non-hydrogen) atoms. The largest absolute Gasteiger partial charge is 1.00 e. The molecule has 0 aromatic heterocycles. The van der Waals surface area contributed by atoms with Gasteiger partial charge in [-0.05, 0) is 18.6 Å². The SMILES string of the molecule is CCC/C=[C](/Sc1ccccc1)[Al-]([CH2]CCC)([CH2]C(C)C)[CH2]C(C)C.[Li+]. The van der Waals surface area contributed by atoms with Crippen LogP contribution in [0, 0.1) is 11.8 Å². The minimum Gasteiger partial charge on any atom is -0.199 e. The molecule has 0 bridgehead atoms. The van der Waals surface area contributed by atoms with E-state index in [1.165, 1.54) is 46.4 Å². The first-order chi connectivity index (χ1) is 11.9. The molecule has 3 heteroatoms. The van der Waals surface area contributed by atoms with E-state index in [4.69, 9.17) is 0 Å². The van der Waals surface area contributed by atoms with Crippen LogP contribution in [0.2, 0.25) is 15.8 Å². The second kappa shape index (κ2) is 14.4. The standard InChI is InChI=1S/C11H13S.3C4H9.Al.Li/c1-2-3-7-10-12-11-8-5-4-6-9-11;2*1-4(2)3;1-3-4-2;;/h4-9H,2-3H2,1H3;2*4H,1H2,2-3H3;1,3-4H2,2H3;;/q;;;;-1;+1. The molecule has 1 aromatic carbocycles. The monoisotopic (exact) mass is 382 g/mol. The molecule has 0 amide bonds. The molecule has 0 unspecified atom stereocenters. The van der Waals surface area contributed by atoms with Crippen LogP contribution in [0.1, 0.15) is 67.2 Å². The first-order valence-electron chi connectivity index (χ1n) is 10.6. The van der Waals surface area contributed by atoms with Gasteiger partial charge in [-0.2, -0.15) is 19.6 Å². The number of hydrogen-bond donors (Lipinski definition) is 0. The Morgan fingerprint density at radius 2 is 1.54 bits per heavy atom. The van der Waals surface area contributed by atoms with Crippen molar-refractivity contribution in [2.75, 3.05) is 0 Å². The third-order valence-corrected chi connectivity index (χ3v) is 14.6. The van der Waals surface area contributed by atoms with Crippen molar-refractivity contribution in [1.29, 1.82) is 0 Å². The number of rotatable bonds is 12. The summed E-state index contributed by atoms with van der Waals surface area (Å²) in [6, 6.07) is 11.1. The second-order valence-electron chi connectivity index (χ2n) is 8.69. The van der Waals surface area contributed by atoms with Gasteiger partial charge in [0.2, 0.25) is 0 Å². The van der Waals surface area contributed by atoms with E-state index in [-0.39, 0.29) is 18.9 Å². The zero-order valence-electron chi connectivity index (χ0n) is 18.6. The average molecular weight is 383 g/mol. The van der Waals surface area contributed by atoms with E-state index in [1.54, 1.807) is 3.77 Å². The van der Waals surface area contributed by atoms with Crippen molar-refractivity contribution in [3.8, 4) is 0 Å². The van der Waals surface area contributed by atoms with Gasteiger partial charge in [0.1, 0.15) is 0 Å². The predicted molar refractivity (Wildman–Crippen MR) is 120 cm³/mol. The Morgan fingerprint density at radius 1 is 0.962 bits per heavy atom. The van der Waals surface area contributed by atoms with Crippen molar-refractivity contribution in [2.45, 2.75) is 88.0 Å². The minimum absolute atomic E-state index is 0. The van der Waals surface area contributed by atoms with Gasteiger partial charge in [-0.15, -0.1) is 17.8 Å². The molecule has 0 saturated carbocycles. The van der Waals surface area contributed by atoms with Crippen molar-refractivity contribution < 1.29 is 18.9 Å². The maximum atomic E-state index is 2.64. The van der Waals surface area contributed by atoms with Crippen LogP contribution >= 0.6 is 11.8 Å². The Bertz CT molecular complexity index is 486. The quantitative estimate of drug-likeness (QED) is 0.336. The predicted octanol–water partition coefficient (Wildman–Crippen LogP) is 5.57. The van der Waals surface area contributed by atoms with Crippen LogP contribution in [0.15, 0.2) is 45.1 Å². The van der Waals surface area contributed by atoms with Crippen molar-refractivity contribution in [3.05, 3.63) is 40.2 Å². The topological polar surface area (TPSA) is 0 Å². The van der Waals surface area contributed by atoms with Crippen molar-refractivity contribution >= 4 is 24.8 Å². The molecule has 0 spiro atoms. The van der Waals surface area contributed by atoms with Gasteiger partial charge in [-0.25, -0.2) is 0 Å². The van der Waals surface area contributed by atoms with Crippen molar-refractivity contribution in [3.63, 3.8) is 0 Å². The van der Waals surface area contributed by atoms with Gasteiger partial charge in [-0.3, -0.25) is 0 Å². The maximum Gasteiger partial charge on any atom is 1.00 e. The minimum atomic E-state index is -1.83. The van der Waals surface area contributed by atoms with Gasteiger partial charge in [0.25, 0.3) is 0 Å². The zero-order chi connectivity index (χ0) is 18.7. The van der Waals surface area contributed by atoms with Crippen molar-refractivity contribution in [1.82, 2.24) is 0 Å². The summed E-state index contributed by atoms with van der Waals surface area (Å²) < 4.78 is 1.80. The molecule has 0 aliphatic heterocycles. The van der Waals surface area contributed by atoms with E-state index in [0.29, 0.717) is 0 Å². The molecule has 0 heterocycles. The fourth-order valence-electron chi connectivity index (χ4n) is 4.43. The Balaban J connectivity index is 0.00000625. The molecule has 0 fully saturated rings. The van der Waals surface area contributed by atoms with Gasteiger partial charge in [0, 0.05) is 4.90 Å². The Morgan fingerprint density at radius 3 is 2.00 bits per heavy atom. The molecular formula is C23H40AlLiS. The first kappa shape index (κ1) is 26.4. The summed E-state index contributed by atoms with van der Waals surface area (Å²) in [4.78, 5) is 1.43. The molecule has 0 saturated heterocycles. The fraction of sp³-hybridized carbons (Fsp3) is 0.652. The molecule has 0 aliphatic carbocycles. The summed E-state index contributed by atoms with van der Waals surface area (Å²) in [7, 11) is 0. The van der Waals surface area contributed by atoms with Crippen LogP contribution in [0.5, 0.6) is 0 Å². The van der Waals surface area contributed by atoms with Crippen LogP contribution in [-0.4, -0.2) is 13.1 Å². The Hall–Kier alpha value is 0.440. The van der Waals surface area contributed by atoms with E-state index in [1.807, 2.05) is 0 Å². The van der Waals surface area contributed by atoms with E-state index in [2.05, 4.69) is 89.7 Å². The van der Waals surface area contributed by atoms with E-state index >= 15 is 0 Å². The van der Waals surface area contributed by atoms with Crippen LogP contribution in [0.25, 0.3) is 0 Å². The van der Waals surface area contributed by atoms with Gasteiger partial charge in [0.15, 0.2) is 13.1 Å². The number of hydrogen-bond acceptors (Lipinski definition) is 1. The van der Waals surface area contributed by atoms with Crippen LogP contribution in [0.3, 0.4) is 0 Å². The van der Waals surface area contributed by atoms with Crippen LogP contribution < -0.4 is 18.9 Å². The molecule has 0 radical (unpaired) electrons. The van der Waals surface area contributed by atoms with Gasteiger partial charge >= 0.3 is 18.9 Å². The Kier molecular flexibility index (Phi) is 14.7. The third kappa shape index (κ3) is 9.58. The molecule has 0 N–H and O–H groups in total. The summed E-state index contributed by atoms with van der Waals surface area (Å²) in [5, 5.41) is 4.44. The van der Waals surface area contributed by atoms with E-state index in [9.17, 15) is 0 Å². The average Bonchev–Trinajstić information content (AvgIpc) is 2.56. The zero-order valence-corrected chi connectivity index (χ0v) is 20.5. The van der Waals surface area contributed by atoms with Gasteiger partial charge < -0.3 is 0 Å². The molecule has 1 rings (SSSR count). The first-order valence-corrected chi connectivity index (χ1v) is 14.4. The number of unbranched alkanes of at least 4 members (excludes halogenated alkanes) is 2. The number of benzene rings is 1. The molecule has 0 nitrogen and oxygen atoms in total. The summed E-state index contributed by atoms with van der Waals surface area (Å²) in [6.45, 7) is 14.4. The molecule has 0 atom stereocenters. The summed E-state index contributed by atoms with van der Waals surface area (Å²) >= 11 is 0.275. The maximum absolute atomic E-state index is 2.64. The summed E-state index contributed by atoms with van der Waals surface area (Å²) in [5.41, 5.74) is 0. The third-order valence-electron chi connectivity index (χ3n) is 5.17. The molecular weight excluding hydrogens is 342 g/mol. The molecule has 0 aliphatic rings. The Labute approximate surface area is 182 Å². The number of allylic oxidation sites excluding steroid dienone is 1. The van der Waals surface area contributed by atoms with Gasteiger partial charge in [-0.1, -0.05) is 90.8 Å². The van der Waals surface area contributed by atoms with Crippen LogP contribution in [0.4, 0.5) is 0 Å². The number of thioether (sulfide) groups is 1. The molecule has 142 valence electrons. The van der Waals surface area contributed by atoms with E-state index < -0.39 is 13.1 Å². The normalized spacial score (nSPS) is 12.5. The molecule has 1 aromatic rings. The summed E-state index contributed by atoms with van der Waals surface area (Å²) in [5.74, 6) is 1.61. The van der Waals surface area contributed by atoms with Crippen LogP contribution in [-0.2, 0) is 0 Å². The fourth-order valence-corrected chi connectivity index (χ4v) is 14.4. The smallest absolute Gasteiger partial charge is 0.199 e. The second-order valence-corrected chi connectivity index (χ2v) is 15.4.